The Labute approximate surface area is 104 Å². The summed E-state index contributed by atoms with van der Waals surface area (Å²) in [5.41, 5.74) is 0.0164. The first-order valence-electron chi connectivity index (χ1n) is 4.52. The molecule has 0 radical (unpaired) electrons. The topological polar surface area (TPSA) is 80.7 Å². The van der Waals surface area contributed by atoms with Gasteiger partial charge in [-0.25, -0.2) is 13.2 Å². The molecule has 0 aliphatic heterocycles. The minimum absolute atomic E-state index is 0.0191. The number of benzene rings is 1. The van der Waals surface area contributed by atoms with Gasteiger partial charge in [-0.2, -0.15) is 0 Å². The normalized spacial score (nSPS) is 11.5. The van der Waals surface area contributed by atoms with Gasteiger partial charge in [0, 0.05) is 18.9 Å². The van der Waals surface area contributed by atoms with Crippen molar-refractivity contribution in [3.05, 3.63) is 28.3 Å². The maximum absolute atomic E-state index is 11.5. The molecule has 0 fully saturated rings. The fourth-order valence-corrected chi connectivity index (χ4v) is 2.67. The van der Waals surface area contributed by atoms with E-state index in [1.54, 1.807) is 0 Å². The number of ether oxygens (including phenoxy) is 1. The smallest absolute Gasteiger partial charge is 0.337 e. The van der Waals surface area contributed by atoms with E-state index in [4.69, 9.17) is 21.4 Å². The van der Waals surface area contributed by atoms with Gasteiger partial charge in [0.2, 0.25) is 0 Å². The van der Waals surface area contributed by atoms with Gasteiger partial charge in [0.25, 0.3) is 0 Å². The van der Waals surface area contributed by atoms with Crippen molar-refractivity contribution < 1.29 is 23.1 Å². The second kappa shape index (κ2) is 5.03. The first kappa shape index (κ1) is 14.0. The Morgan fingerprint density at radius 1 is 1.47 bits per heavy atom. The summed E-state index contributed by atoms with van der Waals surface area (Å²) in [4.78, 5) is 10.8. The molecular formula is C10H11ClO5S. The van der Waals surface area contributed by atoms with Gasteiger partial charge in [-0.15, -0.1) is 0 Å². The fourth-order valence-electron chi connectivity index (χ4n) is 1.39. The van der Waals surface area contributed by atoms with E-state index >= 15 is 0 Å². The number of rotatable bonds is 4. The molecule has 0 aliphatic carbocycles. The summed E-state index contributed by atoms with van der Waals surface area (Å²) in [6.07, 6.45) is 1.03. The molecule has 17 heavy (non-hydrogen) atoms. The number of hydrogen-bond acceptors (Lipinski definition) is 4. The number of sulfone groups is 1. The molecule has 1 aromatic carbocycles. The van der Waals surface area contributed by atoms with Crippen LogP contribution in [0.3, 0.4) is 0 Å². The lowest BCUT2D eigenvalue weighted by molar-refractivity contribution is 0.0696. The molecule has 5 nitrogen and oxygen atoms in total. The molecule has 0 heterocycles. The average molecular weight is 279 g/mol. The number of carbonyl (C=O) groups is 1. The van der Waals surface area contributed by atoms with E-state index in [0.717, 1.165) is 6.26 Å². The zero-order chi connectivity index (χ0) is 13.2. The number of hydrogen-bond donors (Lipinski definition) is 1. The van der Waals surface area contributed by atoms with Crippen LogP contribution in [0.1, 0.15) is 15.9 Å². The molecule has 0 saturated heterocycles. The highest BCUT2D eigenvalue weighted by atomic mass is 35.5. The van der Waals surface area contributed by atoms with Crippen molar-refractivity contribution >= 4 is 27.4 Å². The van der Waals surface area contributed by atoms with Crippen LogP contribution in [0.5, 0.6) is 0 Å². The lowest BCUT2D eigenvalue weighted by atomic mass is 10.1. The minimum atomic E-state index is -3.48. The Morgan fingerprint density at radius 2 is 2.06 bits per heavy atom. The van der Waals surface area contributed by atoms with Crippen LogP contribution >= 0.6 is 11.6 Å². The summed E-state index contributed by atoms with van der Waals surface area (Å²) in [5, 5.41) is 8.77. The van der Waals surface area contributed by atoms with E-state index in [0.29, 0.717) is 0 Å². The third-order valence-corrected chi connectivity index (χ3v) is 3.73. The second-order valence-electron chi connectivity index (χ2n) is 3.41. The molecule has 1 rings (SSSR count). The van der Waals surface area contributed by atoms with Gasteiger partial charge in [0.1, 0.15) is 0 Å². The Morgan fingerprint density at radius 3 is 2.47 bits per heavy atom. The van der Waals surface area contributed by atoms with Gasteiger partial charge >= 0.3 is 5.97 Å². The number of aromatic carboxylic acids is 1. The molecule has 0 bridgehead atoms. The monoisotopic (exact) mass is 278 g/mol. The molecule has 0 aliphatic rings. The van der Waals surface area contributed by atoms with E-state index in [1.165, 1.54) is 19.2 Å². The largest absolute Gasteiger partial charge is 0.478 e. The Bertz CT molecular complexity index is 550. The average Bonchev–Trinajstić information content (AvgIpc) is 2.18. The van der Waals surface area contributed by atoms with Gasteiger partial charge in [-0.1, -0.05) is 11.6 Å². The molecule has 0 atom stereocenters. The molecular weight excluding hydrogens is 268 g/mol. The van der Waals surface area contributed by atoms with Crippen LogP contribution in [-0.2, 0) is 21.2 Å². The summed E-state index contributed by atoms with van der Waals surface area (Å²) in [7, 11) is -2.11. The van der Waals surface area contributed by atoms with E-state index in [9.17, 15) is 13.2 Å². The SMILES string of the molecule is COCc1c(S(C)(=O)=O)ccc(C(=O)O)c1Cl. The summed E-state index contributed by atoms with van der Waals surface area (Å²) in [6.45, 7) is -0.0671. The maximum Gasteiger partial charge on any atom is 0.337 e. The van der Waals surface area contributed by atoms with Crippen LogP contribution in [0.15, 0.2) is 17.0 Å². The highest BCUT2D eigenvalue weighted by Crippen LogP contribution is 2.28. The third kappa shape index (κ3) is 2.96. The predicted molar refractivity (Wildman–Crippen MR) is 62.2 cm³/mol. The van der Waals surface area contributed by atoms with E-state index in [2.05, 4.69) is 0 Å². The van der Waals surface area contributed by atoms with E-state index in [-0.39, 0.29) is 27.7 Å². The van der Waals surface area contributed by atoms with Crippen molar-refractivity contribution in [2.75, 3.05) is 13.4 Å². The third-order valence-electron chi connectivity index (χ3n) is 2.12. The lowest BCUT2D eigenvalue weighted by Gasteiger charge is -2.11. The van der Waals surface area contributed by atoms with Crippen molar-refractivity contribution in [3.8, 4) is 0 Å². The standard InChI is InChI=1S/C10H11ClO5S/c1-16-5-7-8(17(2,14)15)4-3-6(9(7)11)10(12)13/h3-4H,5H2,1-2H3,(H,12,13). The van der Waals surface area contributed by atoms with Crippen LogP contribution in [-0.4, -0.2) is 32.9 Å². The Balaban J connectivity index is 3.56. The summed E-state index contributed by atoms with van der Waals surface area (Å²) < 4.78 is 27.8. The van der Waals surface area contributed by atoms with E-state index in [1.807, 2.05) is 0 Å². The van der Waals surface area contributed by atoms with Gasteiger partial charge in [0.05, 0.1) is 22.1 Å². The number of carboxylic acid groups (broad SMARTS) is 1. The number of halogens is 1. The number of carboxylic acids is 1. The molecule has 0 saturated carbocycles. The molecule has 0 unspecified atom stereocenters. The second-order valence-corrected chi connectivity index (χ2v) is 5.78. The summed E-state index contributed by atoms with van der Waals surface area (Å²) in [6, 6.07) is 2.39. The van der Waals surface area contributed by atoms with Crippen molar-refractivity contribution in [1.29, 1.82) is 0 Å². The molecule has 0 spiro atoms. The zero-order valence-corrected chi connectivity index (χ0v) is 10.8. The molecule has 1 aromatic rings. The molecule has 94 valence electrons. The van der Waals surface area contributed by atoms with Gasteiger partial charge in [-0.3, -0.25) is 0 Å². The summed E-state index contributed by atoms with van der Waals surface area (Å²) in [5.74, 6) is -1.22. The lowest BCUT2D eigenvalue weighted by Crippen LogP contribution is -2.08. The van der Waals surface area contributed by atoms with Gasteiger partial charge < -0.3 is 9.84 Å². The Hall–Kier alpha value is -1.11. The van der Waals surface area contributed by atoms with Crippen molar-refractivity contribution in [2.24, 2.45) is 0 Å². The van der Waals surface area contributed by atoms with Crippen LogP contribution in [0.25, 0.3) is 0 Å². The fraction of sp³-hybridized carbons (Fsp3) is 0.300. The quantitative estimate of drug-likeness (QED) is 0.904. The first-order chi connectivity index (χ1) is 7.79. The zero-order valence-electron chi connectivity index (χ0n) is 9.23. The first-order valence-corrected chi connectivity index (χ1v) is 6.79. The van der Waals surface area contributed by atoms with Gasteiger partial charge in [0.15, 0.2) is 9.84 Å². The van der Waals surface area contributed by atoms with Crippen LogP contribution in [0, 0.1) is 0 Å². The minimum Gasteiger partial charge on any atom is -0.478 e. The maximum atomic E-state index is 11.5. The highest BCUT2D eigenvalue weighted by molar-refractivity contribution is 7.90. The predicted octanol–water partition coefficient (Wildman–Crippen LogP) is 1.59. The Kier molecular flexibility index (Phi) is 4.13. The molecule has 0 amide bonds. The molecule has 1 N–H and O–H groups in total. The van der Waals surface area contributed by atoms with Gasteiger partial charge in [-0.05, 0) is 12.1 Å². The van der Waals surface area contributed by atoms with E-state index < -0.39 is 15.8 Å². The number of methoxy groups -OCH3 is 1. The summed E-state index contributed by atoms with van der Waals surface area (Å²) >= 11 is 5.87. The molecule has 0 aromatic heterocycles. The highest BCUT2D eigenvalue weighted by Gasteiger charge is 2.21. The van der Waals surface area contributed by atoms with Crippen molar-refractivity contribution in [1.82, 2.24) is 0 Å². The van der Waals surface area contributed by atoms with Crippen LogP contribution in [0.2, 0.25) is 5.02 Å². The molecule has 7 heteroatoms. The van der Waals surface area contributed by atoms with Crippen molar-refractivity contribution in [2.45, 2.75) is 11.5 Å². The van der Waals surface area contributed by atoms with Crippen molar-refractivity contribution in [3.63, 3.8) is 0 Å². The van der Waals surface area contributed by atoms with Crippen LogP contribution in [0.4, 0.5) is 0 Å². The van der Waals surface area contributed by atoms with Crippen LogP contribution < -0.4 is 0 Å².